The van der Waals surface area contributed by atoms with Crippen molar-refractivity contribution in [3.8, 4) is 0 Å². The first-order valence-electron chi connectivity index (χ1n) is 7.19. The topological polar surface area (TPSA) is 86.1 Å². The molecule has 134 valence electrons. The first-order chi connectivity index (χ1) is 11.5. The zero-order valence-corrected chi connectivity index (χ0v) is 16.4. The molecule has 1 aliphatic carbocycles. The molecular weight excluding hydrogens is 407 g/mol. The zero-order valence-electron chi connectivity index (χ0n) is 13.3. The molecule has 10 heteroatoms. The summed E-state index contributed by atoms with van der Waals surface area (Å²) < 4.78 is 50.0. The van der Waals surface area contributed by atoms with Gasteiger partial charge < -0.3 is 0 Å². The third-order valence-electron chi connectivity index (χ3n) is 4.15. The van der Waals surface area contributed by atoms with E-state index >= 15 is 0 Å². The standard InChI is InChI=1S/C15H14Cl2N2O4S2/c1-10-9-15(2,6-5-12(10)16)25(22,23)19-13(24(17,20)21)8-11-4-3-7-18-14(11)19/h3-5,7-9H,6H2,1-2H3. The van der Waals surface area contributed by atoms with Crippen LogP contribution >= 0.6 is 22.3 Å². The van der Waals surface area contributed by atoms with E-state index in [4.69, 9.17) is 22.3 Å². The van der Waals surface area contributed by atoms with E-state index in [0.717, 1.165) is 0 Å². The van der Waals surface area contributed by atoms with Crippen molar-refractivity contribution >= 4 is 52.4 Å². The maximum absolute atomic E-state index is 13.4. The fourth-order valence-electron chi connectivity index (χ4n) is 2.82. The van der Waals surface area contributed by atoms with Gasteiger partial charge in [0.25, 0.3) is 19.1 Å². The Hall–Kier alpha value is -1.35. The van der Waals surface area contributed by atoms with Crippen molar-refractivity contribution in [2.45, 2.75) is 30.0 Å². The van der Waals surface area contributed by atoms with Crippen molar-refractivity contribution in [2.75, 3.05) is 0 Å². The van der Waals surface area contributed by atoms with Gasteiger partial charge in [0.1, 0.15) is 4.75 Å². The van der Waals surface area contributed by atoms with E-state index in [1.165, 1.54) is 25.3 Å². The number of hydrogen-bond donors (Lipinski definition) is 0. The molecule has 0 bridgehead atoms. The molecule has 1 unspecified atom stereocenters. The summed E-state index contributed by atoms with van der Waals surface area (Å²) in [5.74, 6) is 0. The molecule has 0 aromatic carbocycles. The van der Waals surface area contributed by atoms with E-state index in [9.17, 15) is 16.8 Å². The van der Waals surface area contributed by atoms with Crippen LogP contribution in [0.15, 0.2) is 52.2 Å². The number of pyridine rings is 1. The molecule has 0 aliphatic heterocycles. The number of nitrogens with zero attached hydrogens (tertiary/aromatic N) is 2. The van der Waals surface area contributed by atoms with Gasteiger partial charge in [-0.3, -0.25) is 0 Å². The first-order valence-corrected chi connectivity index (χ1v) is 11.3. The minimum atomic E-state index is -4.31. The lowest BCUT2D eigenvalue weighted by Gasteiger charge is -2.29. The van der Waals surface area contributed by atoms with Crippen LogP contribution in [-0.2, 0) is 19.1 Å². The number of rotatable bonds is 3. The SMILES string of the molecule is CC1=CC(C)(S(=O)(=O)n2c(S(=O)(=O)Cl)cc3cccnc32)CC=C1Cl. The Bertz CT molecular complexity index is 1150. The summed E-state index contributed by atoms with van der Waals surface area (Å²) in [5.41, 5.74) is 0.605. The van der Waals surface area contributed by atoms with Crippen molar-refractivity contribution < 1.29 is 16.8 Å². The summed E-state index contributed by atoms with van der Waals surface area (Å²) in [7, 11) is -3.03. The molecule has 0 amide bonds. The Morgan fingerprint density at radius 2 is 1.96 bits per heavy atom. The smallest absolute Gasteiger partial charge is 0.237 e. The van der Waals surface area contributed by atoms with Crippen molar-refractivity contribution in [3.05, 3.63) is 47.2 Å². The van der Waals surface area contributed by atoms with Crippen molar-refractivity contribution in [1.82, 2.24) is 8.96 Å². The molecule has 3 rings (SSSR count). The summed E-state index contributed by atoms with van der Waals surface area (Å²) in [5, 5.41) is 0.295. The van der Waals surface area contributed by atoms with Crippen LogP contribution in [0.1, 0.15) is 20.3 Å². The number of halogens is 2. The predicted octanol–water partition coefficient (Wildman–Crippen LogP) is 3.37. The van der Waals surface area contributed by atoms with E-state index in [-0.39, 0.29) is 12.1 Å². The summed E-state index contributed by atoms with van der Waals surface area (Å²) in [6.45, 7) is 3.20. The first kappa shape index (κ1) is 18.4. The average molecular weight is 421 g/mol. The molecule has 1 aliphatic rings. The highest BCUT2D eigenvalue weighted by molar-refractivity contribution is 8.14. The molecule has 1 atom stereocenters. The van der Waals surface area contributed by atoms with Crippen LogP contribution in [0.5, 0.6) is 0 Å². The Labute approximate surface area is 155 Å². The Morgan fingerprint density at radius 1 is 1.28 bits per heavy atom. The van der Waals surface area contributed by atoms with Crippen LogP contribution in [-0.4, -0.2) is 30.5 Å². The average Bonchev–Trinajstić information content (AvgIpc) is 2.91. The predicted molar refractivity (Wildman–Crippen MR) is 97.8 cm³/mol. The van der Waals surface area contributed by atoms with Gasteiger partial charge in [-0.25, -0.2) is 25.8 Å². The third kappa shape index (κ3) is 2.91. The minimum Gasteiger partial charge on any atom is -0.237 e. The van der Waals surface area contributed by atoms with E-state index in [1.807, 2.05) is 0 Å². The quantitative estimate of drug-likeness (QED) is 0.710. The van der Waals surface area contributed by atoms with E-state index in [2.05, 4.69) is 4.98 Å². The molecular formula is C15H14Cl2N2O4S2. The van der Waals surface area contributed by atoms with Gasteiger partial charge in [0.15, 0.2) is 10.7 Å². The number of fused-ring (bicyclic) bond motifs is 1. The highest BCUT2D eigenvalue weighted by Gasteiger charge is 2.43. The molecule has 0 spiro atoms. The maximum Gasteiger partial charge on any atom is 0.277 e. The van der Waals surface area contributed by atoms with Crippen LogP contribution in [0.3, 0.4) is 0 Å². The lowest BCUT2D eigenvalue weighted by atomic mass is 9.98. The minimum absolute atomic E-state index is 0.00894. The van der Waals surface area contributed by atoms with Gasteiger partial charge in [0.2, 0.25) is 0 Å². The largest absolute Gasteiger partial charge is 0.277 e. The van der Waals surface area contributed by atoms with Gasteiger partial charge in [0.05, 0.1) is 0 Å². The Balaban J connectivity index is 2.36. The fraction of sp³-hybridized carbons (Fsp3) is 0.267. The second-order valence-electron chi connectivity index (χ2n) is 6.00. The van der Waals surface area contributed by atoms with Crippen molar-refractivity contribution in [1.29, 1.82) is 0 Å². The molecule has 2 aromatic heterocycles. The zero-order chi connectivity index (χ0) is 18.6. The van der Waals surface area contributed by atoms with Crippen LogP contribution in [0.25, 0.3) is 11.0 Å². The molecule has 2 heterocycles. The van der Waals surface area contributed by atoms with Gasteiger partial charge in [-0.1, -0.05) is 23.8 Å². The molecule has 0 N–H and O–H groups in total. The summed E-state index contributed by atoms with van der Waals surface area (Å²) in [6.07, 6.45) is 4.60. The number of aromatic nitrogens is 2. The van der Waals surface area contributed by atoms with E-state index in [0.29, 0.717) is 20.0 Å². The van der Waals surface area contributed by atoms with Gasteiger partial charge in [-0.2, -0.15) is 0 Å². The maximum atomic E-state index is 13.4. The Kier molecular flexibility index (Phi) is 4.31. The van der Waals surface area contributed by atoms with Crippen LogP contribution in [0.2, 0.25) is 0 Å². The number of allylic oxidation sites excluding steroid dienone is 3. The van der Waals surface area contributed by atoms with Gasteiger partial charge in [0, 0.05) is 27.3 Å². The van der Waals surface area contributed by atoms with Crippen molar-refractivity contribution in [2.24, 2.45) is 0 Å². The van der Waals surface area contributed by atoms with Crippen LogP contribution in [0.4, 0.5) is 0 Å². The van der Waals surface area contributed by atoms with E-state index < -0.39 is 28.8 Å². The van der Waals surface area contributed by atoms with Gasteiger partial charge >= 0.3 is 0 Å². The lowest BCUT2D eigenvalue weighted by molar-refractivity contribution is 0.546. The van der Waals surface area contributed by atoms with Crippen LogP contribution < -0.4 is 0 Å². The molecule has 0 fully saturated rings. The fourth-order valence-corrected chi connectivity index (χ4v) is 6.26. The summed E-state index contributed by atoms with van der Waals surface area (Å²) >= 11 is 6.03. The highest BCUT2D eigenvalue weighted by Crippen LogP contribution is 2.38. The molecule has 0 saturated carbocycles. The lowest BCUT2D eigenvalue weighted by Crippen LogP contribution is -2.39. The van der Waals surface area contributed by atoms with Gasteiger partial charge in [-0.15, -0.1) is 0 Å². The Morgan fingerprint density at radius 3 is 2.56 bits per heavy atom. The summed E-state index contributed by atoms with van der Waals surface area (Å²) in [6, 6.07) is 4.35. The van der Waals surface area contributed by atoms with Crippen LogP contribution in [0, 0.1) is 0 Å². The third-order valence-corrected chi connectivity index (χ3v) is 8.31. The number of hydrogen-bond acceptors (Lipinski definition) is 5. The molecule has 2 aromatic rings. The highest BCUT2D eigenvalue weighted by atomic mass is 35.7. The monoisotopic (exact) mass is 420 g/mol. The van der Waals surface area contributed by atoms with Crippen molar-refractivity contribution in [3.63, 3.8) is 0 Å². The second kappa shape index (κ2) is 5.84. The van der Waals surface area contributed by atoms with E-state index in [1.54, 1.807) is 25.1 Å². The molecule has 0 radical (unpaired) electrons. The second-order valence-corrected chi connectivity index (χ2v) is 11.2. The normalized spacial score (nSPS) is 21.9. The molecule has 25 heavy (non-hydrogen) atoms. The molecule has 6 nitrogen and oxygen atoms in total. The molecule has 0 saturated heterocycles. The summed E-state index contributed by atoms with van der Waals surface area (Å²) in [4.78, 5) is 4.04. The van der Waals surface area contributed by atoms with Gasteiger partial charge in [-0.05, 0) is 44.0 Å².